The van der Waals surface area contributed by atoms with Crippen LogP contribution in [0.25, 0.3) is 0 Å². The summed E-state index contributed by atoms with van der Waals surface area (Å²) in [6.07, 6.45) is 1.34. The molecular weight excluding hydrogens is 333 g/mol. The Morgan fingerprint density at radius 1 is 1.19 bits per heavy atom. The van der Waals surface area contributed by atoms with Crippen LogP contribution in [0, 0.1) is 0 Å². The van der Waals surface area contributed by atoms with Gasteiger partial charge < -0.3 is 10.2 Å². The van der Waals surface area contributed by atoms with Gasteiger partial charge in [0.05, 0.1) is 27.0 Å². The van der Waals surface area contributed by atoms with E-state index >= 15 is 0 Å². The highest BCUT2D eigenvalue weighted by atomic mass is 35.5. The molecule has 7 heteroatoms. The van der Waals surface area contributed by atoms with Gasteiger partial charge in [-0.05, 0) is 18.2 Å². The van der Waals surface area contributed by atoms with E-state index in [2.05, 4.69) is 10.3 Å². The molecule has 0 aliphatic carbocycles. The summed E-state index contributed by atoms with van der Waals surface area (Å²) in [5, 5.41) is 3.74. The lowest BCUT2D eigenvalue weighted by Crippen LogP contribution is -2.17. The number of anilines is 2. The fraction of sp³-hybridized carbons (Fsp3) is 0.143. The third-order valence-electron chi connectivity index (χ3n) is 2.75. The molecule has 0 saturated carbocycles. The number of para-hydroxylation sites is 1. The SMILES string of the molecule is CN(C)c1c(Cl)cccc1NC(=O)c1cc(Cl)ncc1Cl. The molecule has 0 aliphatic heterocycles. The number of pyridine rings is 1. The van der Waals surface area contributed by atoms with Gasteiger partial charge >= 0.3 is 0 Å². The van der Waals surface area contributed by atoms with Crippen LogP contribution < -0.4 is 10.2 Å². The predicted molar refractivity (Wildman–Crippen MR) is 88.0 cm³/mol. The molecule has 0 aliphatic rings. The van der Waals surface area contributed by atoms with Crippen molar-refractivity contribution >= 4 is 52.1 Å². The van der Waals surface area contributed by atoms with Crippen LogP contribution >= 0.6 is 34.8 Å². The second-order valence-corrected chi connectivity index (χ2v) is 5.67. The minimum Gasteiger partial charge on any atom is -0.375 e. The fourth-order valence-corrected chi connectivity index (χ4v) is 2.54. The summed E-state index contributed by atoms with van der Waals surface area (Å²) in [7, 11) is 3.68. The third kappa shape index (κ3) is 3.59. The van der Waals surface area contributed by atoms with Crippen LogP contribution in [0.2, 0.25) is 15.2 Å². The average Bonchev–Trinajstić information content (AvgIpc) is 2.41. The molecule has 1 amide bonds. The van der Waals surface area contributed by atoms with Crippen LogP contribution in [-0.2, 0) is 0 Å². The topological polar surface area (TPSA) is 45.2 Å². The zero-order chi connectivity index (χ0) is 15.6. The van der Waals surface area contributed by atoms with Crippen LogP contribution in [0.5, 0.6) is 0 Å². The minimum absolute atomic E-state index is 0.198. The molecule has 1 heterocycles. The zero-order valence-electron chi connectivity index (χ0n) is 11.3. The van der Waals surface area contributed by atoms with Gasteiger partial charge in [-0.15, -0.1) is 0 Å². The summed E-state index contributed by atoms with van der Waals surface area (Å²) in [6.45, 7) is 0. The predicted octanol–water partition coefficient (Wildman–Crippen LogP) is 4.36. The number of amides is 1. The lowest BCUT2D eigenvalue weighted by Gasteiger charge is -2.19. The Labute approximate surface area is 137 Å². The molecule has 0 saturated heterocycles. The van der Waals surface area contributed by atoms with Crippen LogP contribution in [0.4, 0.5) is 11.4 Å². The fourth-order valence-electron chi connectivity index (χ4n) is 1.85. The van der Waals surface area contributed by atoms with Crippen LogP contribution in [0.15, 0.2) is 30.5 Å². The largest absolute Gasteiger partial charge is 0.375 e. The molecule has 0 bridgehead atoms. The van der Waals surface area contributed by atoms with Gasteiger partial charge in [-0.1, -0.05) is 40.9 Å². The van der Waals surface area contributed by atoms with E-state index in [4.69, 9.17) is 34.8 Å². The van der Waals surface area contributed by atoms with E-state index in [0.29, 0.717) is 16.4 Å². The van der Waals surface area contributed by atoms with Gasteiger partial charge in [0.15, 0.2) is 0 Å². The van der Waals surface area contributed by atoms with E-state index in [9.17, 15) is 4.79 Å². The number of carbonyl (C=O) groups is 1. The Morgan fingerprint density at radius 2 is 1.90 bits per heavy atom. The van der Waals surface area contributed by atoms with Crippen molar-refractivity contribution in [2.75, 3.05) is 24.3 Å². The highest BCUT2D eigenvalue weighted by Gasteiger charge is 2.15. The summed E-state index contributed by atoms with van der Waals surface area (Å²) in [5.41, 5.74) is 1.55. The van der Waals surface area contributed by atoms with Crippen molar-refractivity contribution in [3.8, 4) is 0 Å². The number of halogens is 3. The van der Waals surface area contributed by atoms with Gasteiger partial charge in [-0.3, -0.25) is 4.79 Å². The van der Waals surface area contributed by atoms with Crippen molar-refractivity contribution in [2.45, 2.75) is 0 Å². The first-order chi connectivity index (χ1) is 9.90. The van der Waals surface area contributed by atoms with Gasteiger partial charge in [0.1, 0.15) is 5.15 Å². The molecule has 1 aromatic heterocycles. The Bertz CT molecular complexity index is 689. The van der Waals surface area contributed by atoms with Gasteiger partial charge in [0, 0.05) is 20.3 Å². The summed E-state index contributed by atoms with van der Waals surface area (Å²) in [6, 6.07) is 6.68. The summed E-state index contributed by atoms with van der Waals surface area (Å²) in [4.78, 5) is 18.0. The smallest absolute Gasteiger partial charge is 0.257 e. The Kier molecular flexibility index (Phi) is 4.93. The molecule has 0 fully saturated rings. The zero-order valence-corrected chi connectivity index (χ0v) is 13.6. The summed E-state index contributed by atoms with van der Waals surface area (Å²) in [5.74, 6) is -0.380. The number of aromatic nitrogens is 1. The van der Waals surface area contributed by atoms with Crippen molar-refractivity contribution < 1.29 is 4.79 Å². The number of nitrogens with zero attached hydrogens (tertiary/aromatic N) is 2. The number of hydrogen-bond donors (Lipinski definition) is 1. The maximum Gasteiger partial charge on any atom is 0.257 e. The molecule has 0 atom stereocenters. The van der Waals surface area contributed by atoms with E-state index in [0.717, 1.165) is 0 Å². The number of carbonyl (C=O) groups excluding carboxylic acids is 1. The Balaban J connectivity index is 2.36. The second-order valence-electron chi connectivity index (χ2n) is 4.47. The van der Waals surface area contributed by atoms with E-state index in [1.54, 1.807) is 18.2 Å². The van der Waals surface area contributed by atoms with E-state index in [1.165, 1.54) is 12.3 Å². The molecule has 1 aromatic carbocycles. The number of benzene rings is 1. The molecule has 1 N–H and O–H groups in total. The standard InChI is InChI=1S/C14H12Cl3N3O/c1-20(2)13-9(15)4-3-5-11(13)19-14(21)8-6-12(17)18-7-10(8)16/h3-7H,1-2H3,(H,19,21). The van der Waals surface area contributed by atoms with E-state index < -0.39 is 0 Å². The summed E-state index contributed by atoms with van der Waals surface area (Å²) >= 11 is 17.9. The second kappa shape index (κ2) is 6.52. The van der Waals surface area contributed by atoms with E-state index in [-0.39, 0.29) is 21.6 Å². The van der Waals surface area contributed by atoms with Crippen LogP contribution in [0.3, 0.4) is 0 Å². The van der Waals surface area contributed by atoms with Crippen molar-refractivity contribution in [1.29, 1.82) is 0 Å². The molecule has 2 rings (SSSR count). The molecule has 0 unspecified atom stereocenters. The number of nitrogens with one attached hydrogen (secondary N) is 1. The first kappa shape index (κ1) is 15.9. The average molecular weight is 345 g/mol. The van der Waals surface area contributed by atoms with Gasteiger partial charge in [-0.25, -0.2) is 4.98 Å². The Hall–Kier alpha value is -1.49. The molecule has 110 valence electrons. The lowest BCUT2D eigenvalue weighted by atomic mass is 10.2. The van der Waals surface area contributed by atoms with Crippen molar-refractivity contribution in [3.63, 3.8) is 0 Å². The quantitative estimate of drug-likeness (QED) is 0.841. The summed E-state index contributed by atoms with van der Waals surface area (Å²) < 4.78 is 0. The minimum atomic E-state index is -0.380. The van der Waals surface area contributed by atoms with E-state index in [1.807, 2.05) is 19.0 Å². The molecule has 4 nitrogen and oxygen atoms in total. The van der Waals surface area contributed by atoms with Crippen molar-refractivity contribution in [2.24, 2.45) is 0 Å². The molecule has 21 heavy (non-hydrogen) atoms. The first-order valence-electron chi connectivity index (χ1n) is 5.98. The maximum atomic E-state index is 12.3. The Morgan fingerprint density at radius 3 is 2.57 bits per heavy atom. The molecular formula is C14H12Cl3N3O. The molecule has 0 radical (unpaired) electrons. The molecule has 0 spiro atoms. The highest BCUT2D eigenvalue weighted by molar-refractivity contribution is 6.36. The van der Waals surface area contributed by atoms with Crippen LogP contribution in [-0.4, -0.2) is 25.0 Å². The first-order valence-corrected chi connectivity index (χ1v) is 7.11. The van der Waals surface area contributed by atoms with Gasteiger partial charge in [-0.2, -0.15) is 0 Å². The van der Waals surface area contributed by atoms with Crippen LogP contribution in [0.1, 0.15) is 10.4 Å². The number of rotatable bonds is 3. The molecule has 2 aromatic rings. The highest BCUT2D eigenvalue weighted by Crippen LogP contribution is 2.33. The normalized spacial score (nSPS) is 10.3. The van der Waals surface area contributed by atoms with Crippen molar-refractivity contribution in [1.82, 2.24) is 4.98 Å². The van der Waals surface area contributed by atoms with Gasteiger partial charge in [0.25, 0.3) is 5.91 Å². The van der Waals surface area contributed by atoms with Gasteiger partial charge in [0.2, 0.25) is 0 Å². The lowest BCUT2D eigenvalue weighted by molar-refractivity contribution is 0.102. The monoisotopic (exact) mass is 343 g/mol. The number of hydrogen-bond acceptors (Lipinski definition) is 3. The maximum absolute atomic E-state index is 12.3. The van der Waals surface area contributed by atoms with Crippen molar-refractivity contribution in [3.05, 3.63) is 51.2 Å². The third-order valence-corrected chi connectivity index (χ3v) is 3.56.